The van der Waals surface area contributed by atoms with E-state index in [9.17, 15) is 0 Å². The van der Waals surface area contributed by atoms with Gasteiger partial charge in [0.2, 0.25) is 0 Å². The molecule has 0 aromatic rings. The Labute approximate surface area is 143 Å². The molecule has 0 saturated carbocycles. The van der Waals surface area contributed by atoms with Crippen LogP contribution in [0.3, 0.4) is 0 Å². The van der Waals surface area contributed by atoms with Crippen LogP contribution in [0.1, 0.15) is 78.1 Å². The third kappa shape index (κ3) is 3.30. The van der Waals surface area contributed by atoms with Crippen LogP contribution in [-0.2, 0) is 0 Å². The molecule has 0 saturated heterocycles. The molecule has 0 radical (unpaired) electrons. The highest BCUT2D eigenvalue weighted by Gasteiger charge is 2.46. The molecule has 0 aromatic heterocycles. The highest BCUT2D eigenvalue weighted by Crippen LogP contribution is 2.56. The first-order valence-electron chi connectivity index (χ1n) is 10.2. The molecule has 3 rings (SSSR count). The Hall–Kier alpha value is -0.600. The van der Waals surface area contributed by atoms with Crippen LogP contribution in [-0.4, -0.2) is 26.2 Å². The van der Waals surface area contributed by atoms with Crippen molar-refractivity contribution in [3.05, 3.63) is 22.3 Å². The summed E-state index contributed by atoms with van der Waals surface area (Å²) in [6, 6.07) is 0. The zero-order valence-corrected chi connectivity index (χ0v) is 15.4. The van der Waals surface area contributed by atoms with E-state index in [1.54, 1.807) is 0 Å². The number of nitrogens with one attached hydrogen (secondary N) is 2. The molecule has 0 amide bonds. The van der Waals surface area contributed by atoms with E-state index in [-0.39, 0.29) is 0 Å². The van der Waals surface area contributed by atoms with Crippen molar-refractivity contribution < 1.29 is 0 Å². The summed E-state index contributed by atoms with van der Waals surface area (Å²) < 4.78 is 0. The first-order valence-corrected chi connectivity index (χ1v) is 10.2. The number of hydrogen-bond donors (Lipinski definition) is 2. The standard InChI is InChI=1S/C21H36N2/c1-3-13-22-15-21(16-23-14-4-2)19-11-7-5-9-17(19)18-10-6-8-12-20(18)21/h22-23H,3-16H2,1-2H3. The summed E-state index contributed by atoms with van der Waals surface area (Å²) in [6.45, 7) is 9.19. The summed E-state index contributed by atoms with van der Waals surface area (Å²) >= 11 is 0. The Morgan fingerprint density at radius 3 is 1.57 bits per heavy atom. The van der Waals surface area contributed by atoms with Crippen molar-refractivity contribution >= 4 is 0 Å². The van der Waals surface area contributed by atoms with Crippen LogP contribution in [0.2, 0.25) is 0 Å². The molecule has 3 aliphatic rings. The van der Waals surface area contributed by atoms with Crippen LogP contribution in [0.25, 0.3) is 0 Å². The van der Waals surface area contributed by atoms with Crippen molar-refractivity contribution in [2.24, 2.45) is 5.41 Å². The zero-order valence-electron chi connectivity index (χ0n) is 15.4. The van der Waals surface area contributed by atoms with Crippen LogP contribution in [0.5, 0.6) is 0 Å². The predicted octanol–water partition coefficient (Wildman–Crippen LogP) is 4.73. The molecule has 2 heteroatoms. The number of hydrogen-bond acceptors (Lipinski definition) is 2. The zero-order chi connectivity index (χ0) is 16.1. The first kappa shape index (κ1) is 17.2. The second kappa shape index (κ2) is 7.98. The summed E-state index contributed by atoms with van der Waals surface area (Å²) in [6.07, 6.45) is 13.5. The first-order chi connectivity index (χ1) is 11.3. The molecular weight excluding hydrogens is 280 g/mol. The molecule has 0 unspecified atom stereocenters. The van der Waals surface area contributed by atoms with Crippen LogP contribution in [0, 0.1) is 5.41 Å². The van der Waals surface area contributed by atoms with Crippen molar-refractivity contribution in [3.8, 4) is 0 Å². The van der Waals surface area contributed by atoms with Crippen LogP contribution >= 0.6 is 0 Å². The van der Waals surface area contributed by atoms with Gasteiger partial charge < -0.3 is 10.6 Å². The largest absolute Gasteiger partial charge is 0.315 e. The van der Waals surface area contributed by atoms with E-state index >= 15 is 0 Å². The molecule has 0 fully saturated rings. The van der Waals surface area contributed by atoms with Gasteiger partial charge in [-0.25, -0.2) is 0 Å². The third-order valence-corrected chi connectivity index (χ3v) is 6.16. The lowest BCUT2D eigenvalue weighted by atomic mass is 9.71. The molecule has 3 aliphatic carbocycles. The maximum Gasteiger partial charge on any atom is 0.0381 e. The van der Waals surface area contributed by atoms with E-state index in [1.165, 1.54) is 64.2 Å². The molecular formula is C21H36N2. The van der Waals surface area contributed by atoms with Crippen LogP contribution < -0.4 is 10.6 Å². The Kier molecular flexibility index (Phi) is 5.98. The lowest BCUT2D eigenvalue weighted by molar-refractivity contribution is 0.345. The highest BCUT2D eigenvalue weighted by atomic mass is 14.9. The quantitative estimate of drug-likeness (QED) is 0.633. The van der Waals surface area contributed by atoms with Crippen LogP contribution in [0.4, 0.5) is 0 Å². The van der Waals surface area contributed by atoms with Gasteiger partial charge >= 0.3 is 0 Å². The molecule has 0 aliphatic heterocycles. The molecule has 2 N–H and O–H groups in total. The minimum Gasteiger partial charge on any atom is -0.315 e. The fourth-order valence-corrected chi connectivity index (χ4v) is 5.16. The van der Waals surface area contributed by atoms with Gasteiger partial charge in [0, 0.05) is 18.5 Å². The fraction of sp³-hybridized carbons (Fsp3) is 0.810. The van der Waals surface area contributed by atoms with Crippen molar-refractivity contribution in [2.75, 3.05) is 26.2 Å². The maximum atomic E-state index is 3.80. The monoisotopic (exact) mass is 316 g/mol. The van der Waals surface area contributed by atoms with E-state index < -0.39 is 0 Å². The second-order valence-electron chi connectivity index (χ2n) is 7.76. The number of rotatable bonds is 8. The molecule has 0 aromatic carbocycles. The van der Waals surface area contributed by atoms with Gasteiger partial charge in [0.25, 0.3) is 0 Å². The van der Waals surface area contributed by atoms with Gasteiger partial charge in [0.1, 0.15) is 0 Å². The Morgan fingerprint density at radius 2 is 1.13 bits per heavy atom. The Morgan fingerprint density at radius 1 is 0.696 bits per heavy atom. The van der Waals surface area contributed by atoms with E-state index in [0.717, 1.165) is 26.2 Å². The minimum atomic E-state index is 0.315. The number of allylic oxidation sites excluding steroid dienone is 2. The number of fused-ring (bicyclic) bond motifs is 1. The van der Waals surface area contributed by atoms with Crippen molar-refractivity contribution in [1.29, 1.82) is 0 Å². The summed E-state index contributed by atoms with van der Waals surface area (Å²) in [4.78, 5) is 0. The third-order valence-electron chi connectivity index (χ3n) is 6.16. The SMILES string of the molecule is CCCNCC1(CNCCC)C2=C(CCCC2)C2=C1CCCC2. The second-order valence-corrected chi connectivity index (χ2v) is 7.76. The average Bonchev–Trinajstić information content (AvgIpc) is 2.87. The summed E-state index contributed by atoms with van der Waals surface area (Å²) in [5, 5.41) is 7.61. The molecule has 0 atom stereocenters. The Balaban J connectivity index is 1.92. The van der Waals surface area contributed by atoms with Gasteiger partial charge in [-0.15, -0.1) is 0 Å². The van der Waals surface area contributed by atoms with Crippen molar-refractivity contribution in [3.63, 3.8) is 0 Å². The molecule has 0 bridgehead atoms. The van der Waals surface area contributed by atoms with Crippen molar-refractivity contribution in [2.45, 2.75) is 78.1 Å². The maximum absolute atomic E-state index is 3.80. The summed E-state index contributed by atoms with van der Waals surface area (Å²) in [5.41, 5.74) is 7.60. The van der Waals surface area contributed by atoms with Gasteiger partial charge in [-0.2, -0.15) is 0 Å². The van der Waals surface area contributed by atoms with Gasteiger partial charge in [-0.1, -0.05) is 25.0 Å². The fourth-order valence-electron chi connectivity index (χ4n) is 5.16. The van der Waals surface area contributed by atoms with Gasteiger partial charge in [0.15, 0.2) is 0 Å². The highest BCUT2D eigenvalue weighted by molar-refractivity contribution is 5.56. The van der Waals surface area contributed by atoms with Crippen LogP contribution in [0.15, 0.2) is 22.3 Å². The smallest absolute Gasteiger partial charge is 0.0381 e. The topological polar surface area (TPSA) is 24.1 Å². The minimum absolute atomic E-state index is 0.315. The normalized spacial score (nSPS) is 23.2. The van der Waals surface area contributed by atoms with E-state index in [4.69, 9.17) is 0 Å². The van der Waals surface area contributed by atoms with Gasteiger partial charge in [-0.3, -0.25) is 0 Å². The Bertz CT molecular complexity index is 428. The van der Waals surface area contributed by atoms with Gasteiger partial charge in [-0.05, 0) is 88.4 Å². The summed E-state index contributed by atoms with van der Waals surface area (Å²) in [5.74, 6) is 0. The van der Waals surface area contributed by atoms with Gasteiger partial charge in [0.05, 0.1) is 0 Å². The van der Waals surface area contributed by atoms with E-state index in [1.807, 2.05) is 22.3 Å². The molecule has 0 heterocycles. The lowest BCUT2D eigenvalue weighted by Crippen LogP contribution is -2.45. The predicted molar refractivity (Wildman–Crippen MR) is 99.7 cm³/mol. The molecule has 130 valence electrons. The van der Waals surface area contributed by atoms with E-state index in [0.29, 0.717) is 5.41 Å². The summed E-state index contributed by atoms with van der Waals surface area (Å²) in [7, 11) is 0. The van der Waals surface area contributed by atoms with E-state index in [2.05, 4.69) is 24.5 Å². The molecule has 2 nitrogen and oxygen atoms in total. The van der Waals surface area contributed by atoms with Crippen molar-refractivity contribution in [1.82, 2.24) is 10.6 Å². The molecule has 0 spiro atoms. The average molecular weight is 317 g/mol. The lowest BCUT2D eigenvalue weighted by Gasteiger charge is -2.39. The molecule has 23 heavy (non-hydrogen) atoms.